The molecule has 1 atom stereocenters. The Morgan fingerprint density at radius 2 is 2.13 bits per heavy atom. The van der Waals surface area contributed by atoms with Crippen molar-refractivity contribution in [1.29, 1.82) is 0 Å². The van der Waals surface area contributed by atoms with Crippen molar-refractivity contribution in [2.45, 2.75) is 26.3 Å². The van der Waals surface area contributed by atoms with E-state index in [1.54, 1.807) is 30.0 Å². The van der Waals surface area contributed by atoms with Crippen molar-refractivity contribution >= 4 is 17.2 Å². The molecule has 3 aromatic rings. The molecule has 1 amide bonds. The lowest BCUT2D eigenvalue weighted by molar-refractivity contribution is 0.0929. The lowest BCUT2D eigenvalue weighted by Gasteiger charge is -2.13. The molecule has 0 spiro atoms. The molecule has 3 heterocycles. The highest BCUT2D eigenvalue weighted by molar-refractivity contribution is 7.13. The highest BCUT2D eigenvalue weighted by atomic mass is 32.1. The number of H-pyrrole nitrogens is 1. The van der Waals surface area contributed by atoms with Gasteiger partial charge in [0.2, 0.25) is 0 Å². The Bertz CT molecular complexity index is 797. The number of rotatable bonds is 5. The maximum Gasteiger partial charge on any atom is 0.271 e. The van der Waals surface area contributed by atoms with Crippen LogP contribution in [0, 0.1) is 6.92 Å². The monoisotopic (exact) mass is 328 g/mol. The predicted molar refractivity (Wildman–Crippen MR) is 87.0 cm³/mol. The Morgan fingerprint density at radius 1 is 1.35 bits per heavy atom. The third-order valence-electron chi connectivity index (χ3n) is 3.26. The van der Waals surface area contributed by atoms with Crippen molar-refractivity contribution in [2.75, 3.05) is 0 Å². The number of thiazole rings is 1. The van der Waals surface area contributed by atoms with E-state index in [0.717, 1.165) is 17.9 Å². The maximum absolute atomic E-state index is 12.4. The zero-order chi connectivity index (χ0) is 16.2. The molecule has 0 saturated carbocycles. The first kappa shape index (κ1) is 15.3. The number of hydrogen-bond acceptors (Lipinski definition) is 6. The number of hydrogen-bond donors (Lipinski definition) is 2. The fourth-order valence-electron chi connectivity index (χ4n) is 2.10. The zero-order valence-electron chi connectivity index (χ0n) is 12.8. The number of nitrogens with one attached hydrogen (secondary N) is 2. The Morgan fingerprint density at radius 3 is 2.78 bits per heavy atom. The Labute approximate surface area is 137 Å². The first-order valence-electron chi connectivity index (χ1n) is 7.22. The van der Waals surface area contributed by atoms with Crippen molar-refractivity contribution in [3.63, 3.8) is 0 Å². The molecule has 0 aliphatic heterocycles. The van der Waals surface area contributed by atoms with Gasteiger partial charge in [-0.25, -0.2) is 19.9 Å². The number of aromatic nitrogens is 5. The lowest BCUT2D eigenvalue weighted by Crippen LogP contribution is -2.29. The molecule has 0 fully saturated rings. The molecule has 0 radical (unpaired) electrons. The topological polar surface area (TPSA) is 96.5 Å². The number of nitrogens with zero attached hydrogens (tertiary/aromatic N) is 4. The second kappa shape index (κ2) is 6.66. The quantitative estimate of drug-likeness (QED) is 0.750. The van der Waals surface area contributed by atoms with Crippen molar-refractivity contribution < 1.29 is 4.79 Å². The van der Waals surface area contributed by atoms with Gasteiger partial charge in [0.15, 0.2) is 10.8 Å². The Kier molecular flexibility index (Phi) is 4.42. The van der Waals surface area contributed by atoms with E-state index < -0.39 is 0 Å². The van der Waals surface area contributed by atoms with Crippen molar-refractivity contribution in [3.8, 4) is 10.8 Å². The first-order valence-corrected chi connectivity index (χ1v) is 8.10. The summed E-state index contributed by atoms with van der Waals surface area (Å²) in [6.07, 6.45) is 5.78. The molecule has 23 heavy (non-hydrogen) atoms. The largest absolute Gasteiger partial charge is 0.344 e. The van der Waals surface area contributed by atoms with Gasteiger partial charge < -0.3 is 10.3 Å². The van der Waals surface area contributed by atoms with Crippen LogP contribution >= 0.6 is 11.3 Å². The van der Waals surface area contributed by atoms with Crippen LogP contribution in [-0.4, -0.2) is 30.8 Å². The number of aromatic amines is 1. The van der Waals surface area contributed by atoms with E-state index in [4.69, 9.17) is 0 Å². The fourth-order valence-corrected chi connectivity index (χ4v) is 2.84. The van der Waals surface area contributed by atoms with Gasteiger partial charge >= 0.3 is 0 Å². The summed E-state index contributed by atoms with van der Waals surface area (Å²) in [6.45, 7) is 3.92. The van der Waals surface area contributed by atoms with Crippen LogP contribution in [0.4, 0.5) is 0 Å². The zero-order valence-corrected chi connectivity index (χ0v) is 13.6. The molecule has 3 aromatic heterocycles. The molecule has 0 aromatic carbocycles. The molecule has 2 N–H and O–H groups in total. The molecule has 118 valence electrons. The second-order valence-corrected chi connectivity index (χ2v) is 5.85. The standard InChI is InChI=1S/C15H16N6OS/c1-3-10(12-18-7-9(2)19-12)20-14(22)11-8-23-15(21-11)13-16-5-4-6-17-13/h4-8,10H,3H2,1-2H3,(H,18,19)(H,20,22)/t10-/m1/s1. The van der Waals surface area contributed by atoms with Gasteiger partial charge in [0.25, 0.3) is 5.91 Å². The van der Waals surface area contributed by atoms with Gasteiger partial charge in [-0.3, -0.25) is 4.79 Å². The maximum atomic E-state index is 12.4. The average Bonchev–Trinajstić information content (AvgIpc) is 3.22. The van der Waals surface area contributed by atoms with Crippen molar-refractivity contribution in [1.82, 2.24) is 30.2 Å². The summed E-state index contributed by atoms with van der Waals surface area (Å²) in [7, 11) is 0. The first-order chi connectivity index (χ1) is 11.2. The van der Waals surface area contributed by atoms with Crippen LogP contribution in [0.3, 0.4) is 0 Å². The van der Waals surface area contributed by atoms with Crippen molar-refractivity contribution in [2.24, 2.45) is 0 Å². The van der Waals surface area contributed by atoms with Crippen LogP contribution in [0.5, 0.6) is 0 Å². The predicted octanol–water partition coefficient (Wildman–Crippen LogP) is 2.51. The molecule has 0 aliphatic rings. The van der Waals surface area contributed by atoms with Gasteiger partial charge in [-0.05, 0) is 19.4 Å². The number of carbonyl (C=O) groups excluding carboxylic acids is 1. The van der Waals surface area contributed by atoms with E-state index in [-0.39, 0.29) is 11.9 Å². The molecule has 3 rings (SSSR count). The number of aryl methyl sites for hydroxylation is 1. The molecule has 0 aliphatic carbocycles. The average molecular weight is 328 g/mol. The minimum Gasteiger partial charge on any atom is -0.344 e. The summed E-state index contributed by atoms with van der Waals surface area (Å²) in [5, 5.41) is 5.28. The van der Waals surface area contributed by atoms with Gasteiger partial charge in [0.05, 0.1) is 6.04 Å². The van der Waals surface area contributed by atoms with Crippen LogP contribution in [0.15, 0.2) is 30.0 Å². The van der Waals surface area contributed by atoms with Crippen LogP contribution < -0.4 is 5.32 Å². The van der Waals surface area contributed by atoms with Gasteiger partial charge in [0.1, 0.15) is 11.5 Å². The molecule has 8 heteroatoms. The van der Waals surface area contributed by atoms with Gasteiger partial charge in [-0.1, -0.05) is 6.92 Å². The summed E-state index contributed by atoms with van der Waals surface area (Å²) in [4.78, 5) is 32.4. The third kappa shape index (κ3) is 3.42. The minimum atomic E-state index is -0.232. The smallest absolute Gasteiger partial charge is 0.271 e. The summed E-state index contributed by atoms with van der Waals surface area (Å²) in [6, 6.07) is 1.57. The van der Waals surface area contributed by atoms with E-state index >= 15 is 0 Å². The minimum absolute atomic E-state index is 0.172. The fraction of sp³-hybridized carbons (Fsp3) is 0.267. The Hall–Kier alpha value is -2.61. The summed E-state index contributed by atoms with van der Waals surface area (Å²) in [5.74, 6) is 1.04. The molecule has 0 saturated heterocycles. The summed E-state index contributed by atoms with van der Waals surface area (Å²) >= 11 is 1.35. The van der Waals surface area contributed by atoms with E-state index in [1.807, 2.05) is 13.8 Å². The van der Waals surface area contributed by atoms with E-state index in [9.17, 15) is 4.79 Å². The number of amides is 1. The molecular weight excluding hydrogens is 312 g/mol. The molecule has 0 unspecified atom stereocenters. The van der Waals surface area contributed by atoms with Crippen molar-refractivity contribution in [3.05, 3.63) is 47.2 Å². The van der Waals surface area contributed by atoms with E-state index in [0.29, 0.717) is 16.5 Å². The van der Waals surface area contributed by atoms with Crippen LogP contribution in [0.1, 0.15) is 41.4 Å². The number of imidazole rings is 1. The number of carbonyl (C=O) groups is 1. The van der Waals surface area contributed by atoms with Gasteiger partial charge in [-0.2, -0.15) is 0 Å². The summed E-state index contributed by atoms with van der Waals surface area (Å²) in [5.41, 5.74) is 1.32. The second-order valence-electron chi connectivity index (χ2n) is 5.00. The van der Waals surface area contributed by atoms with Gasteiger partial charge in [-0.15, -0.1) is 11.3 Å². The third-order valence-corrected chi connectivity index (χ3v) is 4.10. The van der Waals surface area contributed by atoms with E-state index in [2.05, 4.69) is 30.2 Å². The SMILES string of the molecule is CC[C@@H](NC(=O)c1csc(-c2ncccn2)n1)c1ncc(C)[nH]1. The lowest BCUT2D eigenvalue weighted by atomic mass is 10.2. The Balaban J connectivity index is 1.74. The normalized spacial score (nSPS) is 12.1. The highest BCUT2D eigenvalue weighted by Gasteiger charge is 2.19. The van der Waals surface area contributed by atoms with Crippen LogP contribution in [-0.2, 0) is 0 Å². The molecular formula is C15H16N6OS. The highest BCUT2D eigenvalue weighted by Crippen LogP contribution is 2.20. The molecule has 0 bridgehead atoms. The van der Waals surface area contributed by atoms with E-state index in [1.165, 1.54) is 11.3 Å². The molecule has 7 nitrogen and oxygen atoms in total. The van der Waals surface area contributed by atoms with Gasteiger partial charge in [0, 0.05) is 29.7 Å². The van der Waals surface area contributed by atoms with Crippen LogP contribution in [0.25, 0.3) is 10.8 Å². The van der Waals surface area contributed by atoms with Crippen LogP contribution in [0.2, 0.25) is 0 Å². The summed E-state index contributed by atoms with van der Waals surface area (Å²) < 4.78 is 0.